The fourth-order valence-electron chi connectivity index (χ4n) is 2.72. The number of aryl methyl sites for hydroxylation is 1. The van der Waals surface area contributed by atoms with E-state index in [9.17, 15) is 0 Å². The van der Waals surface area contributed by atoms with E-state index in [1.165, 1.54) is 0 Å². The van der Waals surface area contributed by atoms with Crippen molar-refractivity contribution in [2.75, 3.05) is 32.7 Å². The van der Waals surface area contributed by atoms with Gasteiger partial charge in [-0.15, -0.1) is 11.5 Å². The van der Waals surface area contributed by atoms with E-state index in [0.717, 1.165) is 37.3 Å². The van der Waals surface area contributed by atoms with Gasteiger partial charge in [0.25, 0.3) is 4.84 Å². The van der Waals surface area contributed by atoms with Crippen LogP contribution in [0.2, 0.25) is 0 Å². The van der Waals surface area contributed by atoms with Crippen molar-refractivity contribution in [3.05, 3.63) is 34.7 Å². The molecule has 0 saturated carbocycles. The predicted octanol–water partition coefficient (Wildman–Crippen LogP) is 2.39. The van der Waals surface area contributed by atoms with Crippen molar-refractivity contribution in [2.24, 2.45) is 0 Å². The van der Waals surface area contributed by atoms with Gasteiger partial charge in [-0.3, -0.25) is 9.80 Å². The van der Waals surface area contributed by atoms with Gasteiger partial charge in [0.2, 0.25) is 5.89 Å². The lowest BCUT2D eigenvalue weighted by atomic mass is 10.1. The van der Waals surface area contributed by atoms with Gasteiger partial charge in [0.05, 0.1) is 13.2 Å². The van der Waals surface area contributed by atoms with Gasteiger partial charge < -0.3 is 4.42 Å². The molecule has 0 bridgehead atoms. The van der Waals surface area contributed by atoms with E-state index in [2.05, 4.69) is 20.8 Å². The Bertz CT molecular complexity index is 765. The quantitative estimate of drug-likeness (QED) is 0.636. The summed E-state index contributed by atoms with van der Waals surface area (Å²) >= 11 is 5.32. The molecule has 0 radical (unpaired) electrons. The Balaban J connectivity index is 1.70. The summed E-state index contributed by atoms with van der Waals surface area (Å²) in [6.07, 6.45) is 5.36. The van der Waals surface area contributed by atoms with E-state index in [0.29, 0.717) is 23.9 Å². The zero-order valence-electron chi connectivity index (χ0n) is 13.2. The Morgan fingerprint density at radius 1 is 1.22 bits per heavy atom. The molecule has 1 saturated heterocycles. The van der Waals surface area contributed by atoms with E-state index in [1.807, 2.05) is 31.2 Å². The predicted molar refractivity (Wildman–Crippen MR) is 92.3 cm³/mol. The maximum Gasteiger partial charge on any atom is 0.288 e. The monoisotopic (exact) mass is 328 g/mol. The lowest BCUT2D eigenvalue weighted by Gasteiger charge is -2.33. The average molecular weight is 328 g/mol. The average Bonchev–Trinajstić information content (AvgIpc) is 2.91. The highest BCUT2D eigenvalue weighted by Gasteiger charge is 2.18. The molecule has 1 fully saturated rings. The summed E-state index contributed by atoms with van der Waals surface area (Å²) in [4.78, 5) is 5.00. The van der Waals surface area contributed by atoms with Crippen LogP contribution in [0.4, 0.5) is 0 Å². The molecule has 1 aromatic carbocycles. The summed E-state index contributed by atoms with van der Waals surface area (Å²) < 4.78 is 7.44. The summed E-state index contributed by atoms with van der Waals surface area (Å²) in [5.74, 6) is 3.28. The Kier molecular flexibility index (Phi) is 4.91. The Morgan fingerprint density at radius 2 is 1.91 bits per heavy atom. The largest absolute Gasteiger partial charge is 0.409 e. The van der Waals surface area contributed by atoms with E-state index in [-0.39, 0.29) is 0 Å². The molecule has 1 aromatic heterocycles. The molecule has 6 heteroatoms. The Labute approximate surface area is 141 Å². The van der Waals surface area contributed by atoms with Crippen LogP contribution in [0.3, 0.4) is 0 Å². The van der Waals surface area contributed by atoms with E-state index in [4.69, 9.17) is 23.1 Å². The van der Waals surface area contributed by atoms with E-state index in [1.54, 1.807) is 4.68 Å². The minimum Gasteiger partial charge on any atom is -0.409 e. The smallest absolute Gasteiger partial charge is 0.288 e. The van der Waals surface area contributed by atoms with Crippen molar-refractivity contribution in [3.63, 3.8) is 0 Å². The molecule has 0 N–H and O–H groups in total. The SMILES string of the molecule is C#CCN1CCN(Cn2nc(-c3ccccc3C)oc2=S)CC1. The molecule has 0 unspecified atom stereocenters. The van der Waals surface area contributed by atoms with Gasteiger partial charge in [0, 0.05) is 31.7 Å². The number of hydrogen-bond acceptors (Lipinski definition) is 5. The highest BCUT2D eigenvalue weighted by Crippen LogP contribution is 2.21. The van der Waals surface area contributed by atoms with Crippen LogP contribution < -0.4 is 0 Å². The van der Waals surface area contributed by atoms with Crippen molar-refractivity contribution >= 4 is 12.2 Å². The second-order valence-corrected chi connectivity index (χ2v) is 6.08. The van der Waals surface area contributed by atoms with Crippen LogP contribution in [0.5, 0.6) is 0 Å². The van der Waals surface area contributed by atoms with Crippen molar-refractivity contribution < 1.29 is 4.42 Å². The number of nitrogens with zero attached hydrogens (tertiary/aromatic N) is 4. The molecule has 23 heavy (non-hydrogen) atoms. The fraction of sp³-hybridized carbons (Fsp3) is 0.412. The number of hydrogen-bond donors (Lipinski definition) is 0. The van der Waals surface area contributed by atoms with E-state index >= 15 is 0 Å². The zero-order valence-corrected chi connectivity index (χ0v) is 14.1. The lowest BCUT2D eigenvalue weighted by molar-refractivity contribution is 0.110. The third-order valence-electron chi connectivity index (χ3n) is 4.10. The Morgan fingerprint density at radius 3 is 2.61 bits per heavy atom. The molecule has 2 aromatic rings. The molecular weight excluding hydrogens is 308 g/mol. The van der Waals surface area contributed by atoms with E-state index < -0.39 is 0 Å². The van der Waals surface area contributed by atoms with Crippen molar-refractivity contribution in [2.45, 2.75) is 13.6 Å². The molecule has 1 aliphatic heterocycles. The van der Waals surface area contributed by atoms with Crippen LogP contribution >= 0.6 is 12.2 Å². The first-order valence-electron chi connectivity index (χ1n) is 7.69. The van der Waals surface area contributed by atoms with Gasteiger partial charge in [-0.05, 0) is 30.8 Å². The zero-order chi connectivity index (χ0) is 16.2. The van der Waals surface area contributed by atoms with Crippen molar-refractivity contribution in [1.82, 2.24) is 19.6 Å². The summed E-state index contributed by atoms with van der Waals surface area (Å²) in [6, 6.07) is 8.02. The summed E-state index contributed by atoms with van der Waals surface area (Å²) in [5, 5.41) is 4.55. The summed E-state index contributed by atoms with van der Waals surface area (Å²) in [6.45, 7) is 7.26. The molecule has 5 nitrogen and oxygen atoms in total. The maximum atomic E-state index is 5.69. The first kappa shape index (κ1) is 15.9. The molecule has 0 amide bonds. The van der Waals surface area contributed by atoms with Crippen molar-refractivity contribution in [3.8, 4) is 23.8 Å². The van der Waals surface area contributed by atoms with Crippen LogP contribution in [0.25, 0.3) is 11.5 Å². The molecule has 2 heterocycles. The topological polar surface area (TPSA) is 37.4 Å². The van der Waals surface area contributed by atoms with Gasteiger partial charge in [-0.25, -0.2) is 4.68 Å². The van der Waals surface area contributed by atoms with Gasteiger partial charge in [-0.1, -0.05) is 24.1 Å². The van der Waals surface area contributed by atoms with Crippen LogP contribution in [0, 0.1) is 24.1 Å². The van der Waals surface area contributed by atoms with Gasteiger partial charge in [0.15, 0.2) is 0 Å². The minimum absolute atomic E-state index is 0.411. The fourth-order valence-corrected chi connectivity index (χ4v) is 2.90. The van der Waals surface area contributed by atoms with Gasteiger partial charge in [-0.2, -0.15) is 0 Å². The summed E-state index contributed by atoms with van der Waals surface area (Å²) in [7, 11) is 0. The normalized spacial score (nSPS) is 16.3. The summed E-state index contributed by atoms with van der Waals surface area (Å²) in [5.41, 5.74) is 2.11. The molecule has 0 atom stereocenters. The molecule has 120 valence electrons. The van der Waals surface area contributed by atoms with Crippen LogP contribution in [-0.4, -0.2) is 52.3 Å². The highest BCUT2D eigenvalue weighted by atomic mass is 32.1. The molecular formula is C17H20N4OS. The number of aromatic nitrogens is 2. The second-order valence-electron chi connectivity index (χ2n) is 5.73. The lowest BCUT2D eigenvalue weighted by Crippen LogP contribution is -2.46. The van der Waals surface area contributed by atoms with Crippen molar-refractivity contribution in [1.29, 1.82) is 0 Å². The van der Waals surface area contributed by atoms with Gasteiger partial charge in [0.1, 0.15) is 0 Å². The number of benzene rings is 1. The van der Waals surface area contributed by atoms with Gasteiger partial charge >= 0.3 is 0 Å². The Hall–Kier alpha value is -1.94. The molecule has 3 rings (SSSR count). The van der Waals surface area contributed by atoms with Crippen LogP contribution in [0.1, 0.15) is 5.56 Å². The number of terminal acetylenes is 1. The molecule has 0 aliphatic carbocycles. The van der Waals surface area contributed by atoms with Crippen LogP contribution in [0.15, 0.2) is 28.7 Å². The molecule has 0 spiro atoms. The number of rotatable bonds is 4. The number of piperazine rings is 1. The maximum absolute atomic E-state index is 5.69. The first-order chi connectivity index (χ1) is 11.2. The third kappa shape index (κ3) is 3.70. The second kappa shape index (κ2) is 7.09. The highest BCUT2D eigenvalue weighted by molar-refractivity contribution is 7.71. The van der Waals surface area contributed by atoms with Crippen LogP contribution in [-0.2, 0) is 6.67 Å². The molecule has 1 aliphatic rings. The minimum atomic E-state index is 0.411. The standard InChI is InChI=1S/C17H20N4OS/c1-3-8-19-9-11-20(12-10-19)13-21-17(23)22-16(18-21)15-7-5-4-6-14(15)2/h1,4-7H,8-13H2,2H3. The third-order valence-corrected chi connectivity index (χ3v) is 4.39. The first-order valence-corrected chi connectivity index (χ1v) is 8.10.